The van der Waals surface area contributed by atoms with E-state index in [2.05, 4.69) is 10.1 Å². The number of carbonyl (C=O) groups is 1. The molecule has 3 unspecified atom stereocenters. The van der Waals surface area contributed by atoms with Crippen molar-refractivity contribution in [3.05, 3.63) is 57.7 Å². The van der Waals surface area contributed by atoms with Crippen LogP contribution in [0, 0.1) is 10.6 Å². The molecule has 2 fully saturated rings. The third-order valence-electron chi connectivity index (χ3n) is 5.77. The summed E-state index contributed by atoms with van der Waals surface area (Å²) in [6.45, 7) is 4.70. The van der Waals surface area contributed by atoms with Gasteiger partial charge >= 0.3 is 19.4 Å². The molecule has 1 aromatic heterocycles. The summed E-state index contributed by atoms with van der Waals surface area (Å²) in [4.78, 5) is 27.1. The van der Waals surface area contributed by atoms with Crippen molar-refractivity contribution < 1.29 is 33.0 Å². The molecule has 2 heterocycles. The normalized spacial score (nSPS) is 27.6. The van der Waals surface area contributed by atoms with Gasteiger partial charge in [-0.15, -0.1) is 0 Å². The van der Waals surface area contributed by atoms with E-state index in [0.717, 1.165) is 0 Å². The summed E-state index contributed by atoms with van der Waals surface area (Å²) in [5.74, 6) is -0.679. The Morgan fingerprint density at radius 3 is 2.71 bits per heavy atom. The summed E-state index contributed by atoms with van der Waals surface area (Å²) in [5, 5.41) is 13.3. The molecule has 0 amide bonds. The topological polar surface area (TPSA) is 141 Å². The number of hydrogen-bond acceptors (Lipinski definition) is 9. The average molecular weight is 526 g/mol. The van der Waals surface area contributed by atoms with E-state index in [1.807, 2.05) is 0 Å². The number of hydrogen-bond donors (Lipinski definition) is 3. The highest BCUT2D eigenvalue weighted by molar-refractivity contribution is 7.71. The summed E-state index contributed by atoms with van der Waals surface area (Å²) in [7, 11) is -4.09. The molecule has 0 radical (unpaired) electrons. The van der Waals surface area contributed by atoms with Gasteiger partial charge in [0.15, 0.2) is 6.23 Å². The van der Waals surface area contributed by atoms with Crippen molar-refractivity contribution in [3.63, 3.8) is 0 Å². The van der Waals surface area contributed by atoms with Gasteiger partial charge in [0.25, 0.3) is 0 Å². The number of H-pyrrole nitrogens is 1. The van der Waals surface area contributed by atoms with Gasteiger partial charge in [-0.2, -0.15) is 5.09 Å². The molecule has 2 aromatic rings. The van der Waals surface area contributed by atoms with Gasteiger partial charge in [0.05, 0.1) is 12.7 Å². The minimum atomic E-state index is -4.09. The highest BCUT2D eigenvalue weighted by Crippen LogP contribution is 2.60. The van der Waals surface area contributed by atoms with Crippen LogP contribution in [-0.2, 0) is 23.4 Å². The molecule has 11 nitrogen and oxygen atoms in total. The van der Waals surface area contributed by atoms with E-state index in [0.29, 0.717) is 6.42 Å². The largest absolute Gasteiger partial charge is 0.462 e. The number of benzene rings is 1. The van der Waals surface area contributed by atoms with E-state index < -0.39 is 43.4 Å². The third-order valence-corrected chi connectivity index (χ3v) is 7.63. The number of aromatic nitrogens is 2. The molecular weight excluding hydrogens is 497 g/mol. The van der Waals surface area contributed by atoms with Gasteiger partial charge < -0.3 is 19.1 Å². The first-order valence-corrected chi connectivity index (χ1v) is 13.1. The molecule has 13 heteroatoms. The molecule has 0 spiro atoms. The zero-order valence-electron chi connectivity index (χ0n) is 19.5. The van der Waals surface area contributed by atoms with Gasteiger partial charge in [-0.05, 0) is 45.4 Å². The number of ether oxygens (including phenoxy) is 2. The smallest absolute Gasteiger partial charge is 0.459 e. The quantitative estimate of drug-likeness (QED) is 0.241. The van der Waals surface area contributed by atoms with E-state index >= 15 is 0 Å². The predicted molar refractivity (Wildman–Crippen MR) is 127 cm³/mol. The Morgan fingerprint density at radius 2 is 2.06 bits per heavy atom. The van der Waals surface area contributed by atoms with E-state index in [1.165, 1.54) is 23.8 Å². The Bertz CT molecular complexity index is 1230. The molecule has 3 N–H and O–H groups in total. The number of fused-ring (bicyclic) bond motifs is 1. The first-order valence-electron chi connectivity index (χ1n) is 11.2. The average Bonchev–Trinajstić information content (AvgIpc) is 3.44. The first-order chi connectivity index (χ1) is 16.5. The summed E-state index contributed by atoms with van der Waals surface area (Å²) in [6.07, 6.45) is -0.407. The minimum Gasteiger partial charge on any atom is -0.462 e. The van der Waals surface area contributed by atoms with Crippen molar-refractivity contribution >= 4 is 25.9 Å². The fourth-order valence-electron chi connectivity index (χ4n) is 3.97. The van der Waals surface area contributed by atoms with Crippen molar-refractivity contribution in [1.29, 1.82) is 0 Å². The zero-order valence-corrected chi connectivity index (χ0v) is 21.2. The SMILES string of the molecule is CC(C)OC(=O)[C@H](C)NP(=O)(OCC12CC1[C@H](O)[C@H](n1ccc(=S)[nH]c1=O)O2)Oc1ccccc1. The molecule has 35 heavy (non-hydrogen) atoms. The monoisotopic (exact) mass is 525 g/mol. The maximum absolute atomic E-state index is 13.7. The highest BCUT2D eigenvalue weighted by Gasteiger charge is 2.68. The first kappa shape index (κ1) is 25.7. The number of aliphatic hydroxyl groups excluding tert-OH is 1. The Balaban J connectivity index is 1.49. The molecule has 1 aromatic carbocycles. The lowest BCUT2D eigenvalue weighted by molar-refractivity contribution is -0.149. The Labute approximate surface area is 207 Å². The molecule has 190 valence electrons. The summed E-state index contributed by atoms with van der Waals surface area (Å²) in [6, 6.07) is 8.91. The number of aromatic amines is 1. The van der Waals surface area contributed by atoms with Crippen molar-refractivity contribution in [2.75, 3.05) is 6.61 Å². The molecular formula is C22H28N3O8PS. The molecule has 1 saturated carbocycles. The molecule has 2 aliphatic rings. The van der Waals surface area contributed by atoms with Crippen molar-refractivity contribution in [2.24, 2.45) is 5.92 Å². The van der Waals surface area contributed by atoms with E-state index in [-0.39, 0.29) is 29.0 Å². The second kappa shape index (κ2) is 9.96. The number of nitrogens with zero attached hydrogens (tertiary/aromatic N) is 1. The van der Waals surface area contributed by atoms with E-state index in [4.69, 9.17) is 30.7 Å². The van der Waals surface area contributed by atoms with Crippen molar-refractivity contribution in [3.8, 4) is 5.75 Å². The maximum atomic E-state index is 13.7. The maximum Gasteiger partial charge on any atom is 0.459 e. The zero-order chi connectivity index (χ0) is 25.4. The fraction of sp³-hybridized carbons (Fsp3) is 0.500. The van der Waals surface area contributed by atoms with Crippen molar-refractivity contribution in [2.45, 2.75) is 57.3 Å². The van der Waals surface area contributed by atoms with Crippen LogP contribution in [0.15, 0.2) is 47.4 Å². The third kappa shape index (κ3) is 5.74. The molecule has 1 aliphatic carbocycles. The van der Waals surface area contributed by atoms with Gasteiger partial charge in [-0.25, -0.2) is 9.36 Å². The molecule has 0 bridgehead atoms. The van der Waals surface area contributed by atoms with Crippen LogP contribution in [0.3, 0.4) is 0 Å². The van der Waals surface area contributed by atoms with Crippen LogP contribution < -0.4 is 15.3 Å². The standard InChI is InChI=1S/C22H28N3O8PS/c1-13(2)31-20(27)14(3)24-34(29,33-15-7-5-4-6-8-15)30-12-22-11-16(22)18(26)19(32-22)25-10-9-17(35)23-21(25)28/h4-10,13-14,16,18-19,26H,11-12H2,1-3H3,(H,24,29)(H,23,28,35)/t14-,16?,18-,19+,22?,34?/m0/s1. The molecule has 1 aliphatic heterocycles. The predicted octanol–water partition coefficient (Wildman–Crippen LogP) is 2.69. The van der Waals surface area contributed by atoms with Crippen LogP contribution in [-0.4, -0.2) is 51.1 Å². The second-order valence-electron chi connectivity index (χ2n) is 8.90. The Morgan fingerprint density at radius 1 is 1.34 bits per heavy atom. The fourth-order valence-corrected chi connectivity index (χ4v) is 5.66. The molecule has 6 atom stereocenters. The van der Waals surface area contributed by atoms with Crippen LogP contribution in [0.5, 0.6) is 5.75 Å². The van der Waals surface area contributed by atoms with Crippen LogP contribution in [0.4, 0.5) is 0 Å². The second-order valence-corrected chi connectivity index (χ2v) is 11.0. The lowest BCUT2D eigenvalue weighted by atomic mass is 10.2. The summed E-state index contributed by atoms with van der Waals surface area (Å²) in [5.41, 5.74) is -1.48. The lowest BCUT2D eigenvalue weighted by Gasteiger charge is -2.26. The summed E-state index contributed by atoms with van der Waals surface area (Å²) < 4.78 is 37.7. The molecule has 1 saturated heterocycles. The summed E-state index contributed by atoms with van der Waals surface area (Å²) >= 11 is 4.95. The van der Waals surface area contributed by atoms with Crippen LogP contribution >= 0.6 is 20.0 Å². The van der Waals surface area contributed by atoms with Gasteiger partial charge in [0, 0.05) is 12.1 Å². The highest BCUT2D eigenvalue weighted by atomic mass is 32.1. The van der Waals surface area contributed by atoms with E-state index in [1.54, 1.807) is 44.2 Å². The van der Waals surface area contributed by atoms with Gasteiger partial charge in [-0.1, -0.05) is 30.4 Å². The minimum absolute atomic E-state index is 0.203. The number of carbonyl (C=O) groups excluding carboxylic acids is 1. The number of aliphatic hydroxyl groups is 1. The Hall–Kier alpha value is -2.34. The molecule has 4 rings (SSSR count). The number of esters is 1. The van der Waals surface area contributed by atoms with Gasteiger partial charge in [0.1, 0.15) is 28.1 Å². The van der Waals surface area contributed by atoms with Crippen LogP contribution in [0.2, 0.25) is 0 Å². The van der Waals surface area contributed by atoms with Crippen LogP contribution in [0.1, 0.15) is 33.4 Å². The van der Waals surface area contributed by atoms with E-state index in [9.17, 15) is 19.3 Å². The van der Waals surface area contributed by atoms with Crippen molar-refractivity contribution in [1.82, 2.24) is 14.6 Å². The number of nitrogens with one attached hydrogen (secondary N) is 2. The number of rotatable bonds is 10. The van der Waals surface area contributed by atoms with Crippen LogP contribution in [0.25, 0.3) is 0 Å². The van der Waals surface area contributed by atoms with Gasteiger partial charge in [0.2, 0.25) is 0 Å². The Kier molecular flexibility index (Phi) is 7.33. The number of para-hydroxylation sites is 1. The van der Waals surface area contributed by atoms with Gasteiger partial charge in [-0.3, -0.25) is 18.9 Å². The lowest BCUT2D eigenvalue weighted by Crippen LogP contribution is -2.37.